The Balaban J connectivity index is 2.85. The first-order valence-electron chi connectivity index (χ1n) is 5.09. The Hall–Kier alpha value is 1.08. The molecule has 1 aliphatic heterocycles. The van der Waals surface area contributed by atoms with Crippen LogP contribution in [0, 0.1) is 0 Å². The maximum absolute atomic E-state index is 2.63. The lowest BCUT2D eigenvalue weighted by molar-refractivity contribution is 0.788. The molecule has 13 heavy (non-hydrogen) atoms. The van der Waals surface area contributed by atoms with Crippen molar-refractivity contribution < 1.29 is 0 Å². The monoisotopic (exact) mass is 234 g/mol. The largest absolute Gasteiger partial charge is 0.111 e. The van der Waals surface area contributed by atoms with Gasteiger partial charge in [0.15, 0.2) is 0 Å². The molecular formula is C10H24P2Si. The summed E-state index contributed by atoms with van der Waals surface area (Å²) in [7, 11) is 0.0737. The van der Waals surface area contributed by atoms with Crippen molar-refractivity contribution in [3.63, 3.8) is 0 Å². The zero-order chi connectivity index (χ0) is 10.7. The topological polar surface area (TPSA) is 0 Å². The highest BCUT2D eigenvalue weighted by Gasteiger charge is 2.66. The zero-order valence-electron chi connectivity index (χ0n) is 10.4. The van der Waals surface area contributed by atoms with Crippen molar-refractivity contribution in [1.29, 1.82) is 0 Å². The number of hydrogen-bond donors (Lipinski definition) is 0. The highest BCUT2D eigenvalue weighted by molar-refractivity contribution is 8.83. The van der Waals surface area contributed by atoms with Crippen LogP contribution in [0.25, 0.3) is 0 Å². The van der Waals surface area contributed by atoms with Crippen LogP contribution in [-0.2, 0) is 0 Å². The van der Waals surface area contributed by atoms with Gasteiger partial charge in [0.2, 0.25) is 0 Å². The lowest BCUT2D eigenvalue weighted by Gasteiger charge is -2.25. The summed E-state index contributed by atoms with van der Waals surface area (Å²) in [5.74, 6) is 0. The van der Waals surface area contributed by atoms with Gasteiger partial charge in [-0.05, 0) is 10.3 Å². The van der Waals surface area contributed by atoms with Gasteiger partial charge in [-0.3, -0.25) is 0 Å². The predicted molar refractivity (Wildman–Crippen MR) is 70.8 cm³/mol. The van der Waals surface area contributed by atoms with Gasteiger partial charge >= 0.3 is 0 Å². The van der Waals surface area contributed by atoms with E-state index in [1.54, 1.807) is 0 Å². The Morgan fingerprint density at radius 2 is 0.923 bits per heavy atom. The lowest BCUT2D eigenvalue weighted by Crippen LogP contribution is -2.12. The molecule has 1 saturated heterocycles. The van der Waals surface area contributed by atoms with Crippen LogP contribution in [-0.4, -0.2) is 17.7 Å². The molecule has 2 atom stereocenters. The average Bonchev–Trinajstić information content (AvgIpc) is 2.29. The summed E-state index contributed by atoms with van der Waals surface area (Å²) in [6.07, 6.45) is 0. The Morgan fingerprint density at radius 3 is 1.00 bits per heavy atom. The van der Waals surface area contributed by atoms with E-state index in [2.05, 4.69) is 54.6 Å². The SMILES string of the molecule is CC(C)(C)P1P(C(C)(C)C)[Si]1(C)C. The molecule has 0 aromatic heterocycles. The van der Waals surface area contributed by atoms with Crippen molar-refractivity contribution >= 4 is 21.7 Å². The molecule has 0 aromatic carbocycles. The second kappa shape index (κ2) is 3.03. The molecule has 1 rings (SSSR count). The quantitative estimate of drug-likeness (QED) is 0.400. The van der Waals surface area contributed by atoms with Crippen molar-refractivity contribution in [1.82, 2.24) is 0 Å². The molecule has 3 heteroatoms. The van der Waals surface area contributed by atoms with E-state index in [1.807, 2.05) is 0 Å². The van der Waals surface area contributed by atoms with Crippen molar-refractivity contribution in [3.05, 3.63) is 0 Å². The van der Waals surface area contributed by atoms with E-state index in [-0.39, 0.29) is 0 Å². The molecule has 1 fully saturated rings. The molecular weight excluding hydrogens is 210 g/mol. The summed E-state index contributed by atoms with van der Waals surface area (Å²) in [4.78, 5) is 0. The normalized spacial score (nSPS) is 33.2. The maximum atomic E-state index is 2.63. The number of hydrogen-bond acceptors (Lipinski definition) is 0. The van der Waals surface area contributed by atoms with Crippen molar-refractivity contribution in [2.24, 2.45) is 0 Å². The van der Waals surface area contributed by atoms with Crippen LogP contribution < -0.4 is 0 Å². The minimum atomic E-state index is -0.761. The summed E-state index contributed by atoms with van der Waals surface area (Å²) >= 11 is 0. The summed E-state index contributed by atoms with van der Waals surface area (Å²) in [5.41, 5.74) is 0. The third-order valence-electron chi connectivity index (χ3n) is 2.47. The van der Waals surface area contributed by atoms with Gasteiger partial charge in [-0.1, -0.05) is 69.0 Å². The highest BCUT2D eigenvalue weighted by atomic mass is 32.5. The van der Waals surface area contributed by atoms with E-state index in [0.29, 0.717) is 24.6 Å². The van der Waals surface area contributed by atoms with Crippen LogP contribution in [0.1, 0.15) is 41.5 Å². The minimum absolute atomic E-state index is 0.417. The fraction of sp³-hybridized carbons (Fsp3) is 1.00. The van der Waals surface area contributed by atoms with Crippen LogP contribution >= 0.6 is 14.3 Å². The van der Waals surface area contributed by atoms with E-state index in [0.717, 1.165) is 0 Å². The van der Waals surface area contributed by atoms with E-state index in [1.165, 1.54) is 0 Å². The Kier molecular flexibility index (Phi) is 2.83. The molecule has 0 aromatic rings. The van der Waals surface area contributed by atoms with E-state index in [4.69, 9.17) is 0 Å². The Bertz CT molecular complexity index is 188. The van der Waals surface area contributed by atoms with Gasteiger partial charge in [-0.25, -0.2) is 0 Å². The van der Waals surface area contributed by atoms with Crippen LogP contribution in [0.15, 0.2) is 0 Å². The predicted octanol–water partition coefficient (Wildman–Crippen LogP) is 5.18. The lowest BCUT2D eigenvalue weighted by atomic mass is 10.3. The maximum Gasteiger partial charge on any atom is 0.111 e. The molecule has 0 aliphatic carbocycles. The third-order valence-corrected chi connectivity index (χ3v) is 34.8. The van der Waals surface area contributed by atoms with Crippen LogP contribution in [0.2, 0.25) is 13.1 Å². The third kappa shape index (κ3) is 2.19. The molecule has 0 N–H and O–H groups in total. The molecule has 0 radical (unpaired) electrons. The summed E-state index contributed by atoms with van der Waals surface area (Å²) in [6.45, 7) is 20.0. The molecule has 78 valence electrons. The van der Waals surface area contributed by atoms with Crippen LogP contribution in [0.3, 0.4) is 0 Å². The van der Waals surface area contributed by atoms with E-state index < -0.39 is 7.41 Å². The molecule has 1 aliphatic rings. The van der Waals surface area contributed by atoms with E-state index >= 15 is 0 Å². The second-order valence-electron chi connectivity index (χ2n) is 6.46. The second-order valence-corrected chi connectivity index (χ2v) is 28.5. The molecule has 0 amide bonds. The van der Waals surface area contributed by atoms with Crippen molar-refractivity contribution in [2.45, 2.75) is 64.9 Å². The first-order valence-corrected chi connectivity index (χ1v) is 13.2. The zero-order valence-corrected chi connectivity index (χ0v) is 13.2. The Labute approximate surface area is 87.0 Å². The summed E-state index contributed by atoms with van der Waals surface area (Å²) in [6, 6.07) is 0. The van der Waals surface area contributed by atoms with Crippen LogP contribution in [0.4, 0.5) is 0 Å². The average molecular weight is 234 g/mol. The van der Waals surface area contributed by atoms with Gasteiger partial charge in [0.1, 0.15) is 7.41 Å². The van der Waals surface area contributed by atoms with Gasteiger partial charge in [0, 0.05) is 0 Å². The standard InChI is InChI=1S/C10H24P2Si/c1-9(2,3)11-12(10(4,5)6)13(11,7)8/h1-8H3. The molecule has 0 spiro atoms. The van der Waals surface area contributed by atoms with E-state index in [9.17, 15) is 0 Å². The van der Waals surface area contributed by atoms with Crippen molar-refractivity contribution in [2.75, 3.05) is 0 Å². The van der Waals surface area contributed by atoms with Crippen LogP contribution in [0.5, 0.6) is 0 Å². The van der Waals surface area contributed by atoms with Gasteiger partial charge in [0.05, 0.1) is 0 Å². The molecule has 0 saturated carbocycles. The van der Waals surface area contributed by atoms with Gasteiger partial charge in [0.25, 0.3) is 0 Å². The molecule has 1 heterocycles. The highest BCUT2D eigenvalue weighted by Crippen LogP contribution is 3.05. The fourth-order valence-electron chi connectivity index (χ4n) is 2.61. The molecule has 0 nitrogen and oxygen atoms in total. The molecule has 2 unspecified atom stereocenters. The van der Waals surface area contributed by atoms with Gasteiger partial charge < -0.3 is 0 Å². The summed E-state index contributed by atoms with van der Waals surface area (Å²) in [5, 5.41) is 1.26. The van der Waals surface area contributed by atoms with Gasteiger partial charge in [-0.2, -0.15) is 0 Å². The fourth-order valence-corrected chi connectivity index (χ4v) is 48.8. The first-order chi connectivity index (χ1) is 5.49. The first kappa shape index (κ1) is 12.1. The van der Waals surface area contributed by atoms with Crippen molar-refractivity contribution in [3.8, 4) is 0 Å². The van der Waals surface area contributed by atoms with Gasteiger partial charge in [-0.15, -0.1) is 0 Å². The summed E-state index contributed by atoms with van der Waals surface area (Å²) < 4.78 is 0. The Morgan fingerprint density at radius 1 is 0.692 bits per heavy atom. The minimum Gasteiger partial charge on any atom is -0.0856 e. The number of rotatable bonds is 0. The smallest absolute Gasteiger partial charge is 0.0856 e. The molecule has 0 bridgehead atoms.